The molecule has 6 heteroatoms. The van der Waals surface area contributed by atoms with Gasteiger partial charge in [0.15, 0.2) is 5.72 Å². The van der Waals surface area contributed by atoms with Gasteiger partial charge in [0.25, 0.3) is 0 Å². The maximum Gasteiger partial charge on any atom is 0.227 e. The minimum atomic E-state index is -0.328. The van der Waals surface area contributed by atoms with Crippen molar-refractivity contribution in [2.45, 2.75) is 37.8 Å². The number of fused-ring (bicyclic) bond motifs is 3. The Bertz CT molecular complexity index is 725. The van der Waals surface area contributed by atoms with E-state index in [4.69, 9.17) is 9.25 Å². The van der Waals surface area contributed by atoms with Crippen molar-refractivity contribution in [2.24, 2.45) is 11.8 Å². The number of hydrogen-bond donors (Lipinski definition) is 2. The number of anilines is 1. The molecule has 4 aliphatic rings. The quantitative estimate of drug-likeness (QED) is 0.847. The second-order valence-electron chi connectivity index (χ2n) is 6.72. The maximum atomic E-state index is 13.3. The van der Waals surface area contributed by atoms with Gasteiger partial charge in [0.05, 0.1) is 0 Å². The Morgan fingerprint density at radius 2 is 2.05 bits per heavy atom. The number of halogens is 1. The molecule has 3 saturated carbocycles. The highest BCUT2D eigenvalue weighted by Crippen LogP contribution is 2.49. The topological polar surface area (TPSA) is 49.7 Å². The zero-order valence-corrected chi connectivity index (χ0v) is 12.1. The summed E-state index contributed by atoms with van der Waals surface area (Å²) in [4.78, 5) is 5.93. The summed E-state index contributed by atoms with van der Waals surface area (Å²) in [5, 5.41) is 2.42. The maximum absolute atomic E-state index is 13.3. The average Bonchev–Trinajstić information content (AvgIpc) is 3.12. The first-order valence-electron chi connectivity index (χ1n) is 7.93. The van der Waals surface area contributed by atoms with Gasteiger partial charge in [-0.1, -0.05) is 5.59 Å². The lowest BCUT2D eigenvalue weighted by atomic mass is 9.66. The van der Waals surface area contributed by atoms with Crippen LogP contribution in [0.3, 0.4) is 0 Å². The van der Waals surface area contributed by atoms with Gasteiger partial charge in [0.2, 0.25) is 5.88 Å². The van der Waals surface area contributed by atoms with E-state index in [0.717, 1.165) is 17.7 Å². The Balaban J connectivity index is 1.44. The van der Waals surface area contributed by atoms with Crippen molar-refractivity contribution in [3.63, 3.8) is 0 Å². The first-order chi connectivity index (χ1) is 10.7. The molecule has 2 bridgehead atoms. The van der Waals surface area contributed by atoms with E-state index in [1.165, 1.54) is 37.8 Å². The van der Waals surface area contributed by atoms with Crippen LogP contribution in [0.5, 0.6) is 0 Å². The Labute approximate surface area is 127 Å². The first kappa shape index (κ1) is 12.9. The van der Waals surface area contributed by atoms with Crippen LogP contribution in [-0.2, 0) is 4.84 Å². The highest BCUT2D eigenvalue weighted by Gasteiger charge is 2.53. The molecule has 1 atom stereocenters. The molecule has 4 fully saturated rings. The van der Waals surface area contributed by atoms with Crippen LogP contribution in [0.25, 0.3) is 11.0 Å². The lowest BCUT2D eigenvalue weighted by Crippen LogP contribution is -2.57. The Hall–Kier alpha value is -1.63. The molecule has 1 aromatic carbocycles. The number of nitrogens with one attached hydrogen (secondary N) is 2. The van der Waals surface area contributed by atoms with Crippen LogP contribution in [0.2, 0.25) is 0 Å². The van der Waals surface area contributed by atoms with Gasteiger partial charge >= 0.3 is 0 Å². The normalized spacial score (nSPS) is 34.1. The van der Waals surface area contributed by atoms with Gasteiger partial charge in [-0.3, -0.25) is 4.84 Å². The van der Waals surface area contributed by atoms with E-state index in [0.29, 0.717) is 17.4 Å². The van der Waals surface area contributed by atoms with Gasteiger partial charge in [-0.05, 0) is 56.2 Å². The van der Waals surface area contributed by atoms with Crippen molar-refractivity contribution in [1.82, 2.24) is 11.0 Å². The summed E-state index contributed by atoms with van der Waals surface area (Å²) in [6, 6.07) is 6.32. The molecule has 1 spiro atoms. The van der Waals surface area contributed by atoms with Gasteiger partial charge in [0, 0.05) is 17.4 Å². The molecule has 2 aromatic rings. The van der Waals surface area contributed by atoms with Crippen LogP contribution in [0.4, 0.5) is 10.3 Å². The SMILES string of the molecule is Fc1ccc2oc(N3NOC4(CC5CCC4CC5)N3)cc2c1. The zero-order valence-electron chi connectivity index (χ0n) is 12.1. The van der Waals surface area contributed by atoms with Gasteiger partial charge in [0.1, 0.15) is 11.4 Å². The van der Waals surface area contributed by atoms with E-state index in [9.17, 15) is 4.39 Å². The molecule has 3 aliphatic carbocycles. The van der Waals surface area contributed by atoms with Crippen molar-refractivity contribution in [2.75, 3.05) is 5.12 Å². The number of hydrogen-bond acceptors (Lipinski definition) is 5. The molecule has 1 unspecified atom stereocenters. The van der Waals surface area contributed by atoms with E-state index in [1.54, 1.807) is 11.2 Å². The third kappa shape index (κ3) is 1.81. The Kier molecular flexibility index (Phi) is 2.60. The van der Waals surface area contributed by atoms with E-state index in [1.807, 2.05) is 6.07 Å². The summed E-state index contributed by atoms with van der Waals surface area (Å²) in [7, 11) is 0. The van der Waals surface area contributed by atoms with Crippen LogP contribution in [0, 0.1) is 17.7 Å². The summed E-state index contributed by atoms with van der Waals surface area (Å²) in [6.45, 7) is 0. The third-order valence-electron chi connectivity index (χ3n) is 5.40. The second kappa shape index (κ2) is 4.44. The summed E-state index contributed by atoms with van der Waals surface area (Å²) in [6.07, 6.45) is 6.05. The van der Waals surface area contributed by atoms with Crippen LogP contribution in [-0.4, -0.2) is 5.72 Å². The van der Waals surface area contributed by atoms with Gasteiger partial charge < -0.3 is 4.42 Å². The standard InChI is InChI=1S/C16H18FN3O2/c17-13-5-6-14-11(7-13)8-15(21-14)20-18-16(22-19-20)9-10-1-3-12(16)4-2-10/h5-8,10,12,18-19H,1-4,9H2. The molecule has 0 radical (unpaired) electrons. The summed E-state index contributed by atoms with van der Waals surface area (Å²) < 4.78 is 19.1. The minimum Gasteiger partial charge on any atom is -0.438 e. The second-order valence-corrected chi connectivity index (χ2v) is 6.72. The van der Waals surface area contributed by atoms with E-state index < -0.39 is 0 Å². The highest BCUT2D eigenvalue weighted by atomic mass is 19.1. The molecule has 1 aromatic heterocycles. The number of rotatable bonds is 1. The van der Waals surface area contributed by atoms with Gasteiger partial charge in [-0.15, -0.1) is 0 Å². The Morgan fingerprint density at radius 1 is 1.18 bits per heavy atom. The summed E-state index contributed by atoms with van der Waals surface area (Å²) in [5.74, 6) is 1.58. The van der Waals surface area contributed by atoms with Gasteiger partial charge in [-0.2, -0.15) is 10.5 Å². The van der Waals surface area contributed by atoms with E-state index in [2.05, 4.69) is 11.0 Å². The zero-order chi connectivity index (χ0) is 14.7. The largest absolute Gasteiger partial charge is 0.438 e. The van der Waals surface area contributed by atoms with Crippen LogP contribution < -0.4 is 16.1 Å². The predicted molar refractivity (Wildman–Crippen MR) is 78.8 cm³/mol. The van der Waals surface area contributed by atoms with Crippen molar-refractivity contribution in [1.29, 1.82) is 0 Å². The predicted octanol–water partition coefficient (Wildman–Crippen LogP) is 3.24. The molecule has 6 rings (SSSR count). The fraction of sp³-hybridized carbons (Fsp3) is 0.500. The minimum absolute atomic E-state index is 0.264. The number of benzene rings is 1. The lowest BCUT2D eigenvalue weighted by Gasteiger charge is -2.47. The third-order valence-corrected chi connectivity index (χ3v) is 5.40. The number of nitrogens with zero attached hydrogens (tertiary/aromatic N) is 1. The van der Waals surface area contributed by atoms with E-state index >= 15 is 0 Å². The summed E-state index contributed by atoms with van der Waals surface area (Å²) in [5.41, 5.74) is 6.70. The lowest BCUT2D eigenvalue weighted by molar-refractivity contribution is -0.153. The molecular weight excluding hydrogens is 285 g/mol. The molecule has 2 N–H and O–H groups in total. The average molecular weight is 303 g/mol. The first-order valence-corrected chi connectivity index (χ1v) is 7.93. The molecule has 2 heterocycles. The van der Waals surface area contributed by atoms with Crippen LogP contribution in [0.1, 0.15) is 32.1 Å². The summed E-state index contributed by atoms with van der Waals surface area (Å²) >= 11 is 0. The van der Waals surface area contributed by atoms with Crippen molar-refractivity contribution < 1.29 is 13.6 Å². The van der Waals surface area contributed by atoms with Crippen molar-refractivity contribution in [3.8, 4) is 0 Å². The van der Waals surface area contributed by atoms with Crippen molar-refractivity contribution in [3.05, 3.63) is 30.1 Å². The van der Waals surface area contributed by atoms with E-state index in [-0.39, 0.29) is 11.5 Å². The fourth-order valence-electron chi connectivity index (χ4n) is 4.26. The molecule has 5 nitrogen and oxygen atoms in total. The monoisotopic (exact) mass is 303 g/mol. The van der Waals surface area contributed by atoms with Gasteiger partial charge in [-0.25, -0.2) is 4.39 Å². The van der Waals surface area contributed by atoms with Crippen LogP contribution >= 0.6 is 0 Å². The molecule has 0 amide bonds. The number of furan rings is 1. The molecule has 1 aliphatic heterocycles. The highest BCUT2D eigenvalue weighted by molar-refractivity contribution is 5.80. The van der Waals surface area contributed by atoms with Crippen LogP contribution in [0.15, 0.2) is 28.7 Å². The molecule has 22 heavy (non-hydrogen) atoms. The molecular formula is C16H18FN3O2. The molecule has 1 saturated heterocycles. The fourth-order valence-corrected chi connectivity index (χ4v) is 4.26. The van der Waals surface area contributed by atoms with Crippen molar-refractivity contribution >= 4 is 16.9 Å². The Morgan fingerprint density at radius 3 is 2.82 bits per heavy atom. The smallest absolute Gasteiger partial charge is 0.227 e. The molecule has 116 valence electrons. The number of hydrazine groups is 2.